The van der Waals surface area contributed by atoms with E-state index in [2.05, 4.69) is 10.3 Å². The summed E-state index contributed by atoms with van der Waals surface area (Å²) >= 11 is 0. The van der Waals surface area contributed by atoms with Gasteiger partial charge in [0.2, 0.25) is 5.91 Å². The van der Waals surface area contributed by atoms with Crippen molar-refractivity contribution in [3.63, 3.8) is 0 Å². The molecule has 4 nitrogen and oxygen atoms in total. The standard InChI is InChI=1S/C12H17N3O.2ClH/c1-15(9-10-4-7-13-8-5-10)12(16)11-3-2-6-14-11;;/h4-5,7-8,11,14H,2-3,6,9H2,1H3;2*1H. The Balaban J connectivity index is 0.00000144. The summed E-state index contributed by atoms with van der Waals surface area (Å²) in [6.45, 7) is 1.61. The van der Waals surface area contributed by atoms with Gasteiger partial charge in [-0.1, -0.05) is 0 Å². The number of carbonyl (C=O) groups excluding carboxylic acids is 1. The molecule has 0 saturated carbocycles. The zero-order valence-corrected chi connectivity index (χ0v) is 12.0. The van der Waals surface area contributed by atoms with Crippen molar-refractivity contribution >= 4 is 30.7 Å². The van der Waals surface area contributed by atoms with Gasteiger partial charge in [0.05, 0.1) is 6.04 Å². The molecule has 2 heterocycles. The van der Waals surface area contributed by atoms with E-state index < -0.39 is 0 Å². The molecular weight excluding hydrogens is 273 g/mol. The molecule has 1 saturated heterocycles. The molecule has 102 valence electrons. The van der Waals surface area contributed by atoms with Crippen molar-refractivity contribution < 1.29 is 4.79 Å². The van der Waals surface area contributed by atoms with Crippen LogP contribution in [0.2, 0.25) is 0 Å². The minimum absolute atomic E-state index is 0. The number of nitrogens with zero attached hydrogens (tertiary/aromatic N) is 2. The minimum atomic E-state index is 0. The molecule has 1 N–H and O–H groups in total. The lowest BCUT2D eigenvalue weighted by atomic mass is 10.2. The van der Waals surface area contributed by atoms with Crippen LogP contribution in [0, 0.1) is 0 Å². The molecule has 0 aromatic carbocycles. The van der Waals surface area contributed by atoms with Crippen LogP contribution in [0.25, 0.3) is 0 Å². The van der Waals surface area contributed by atoms with E-state index in [4.69, 9.17) is 0 Å². The summed E-state index contributed by atoms with van der Waals surface area (Å²) in [7, 11) is 1.85. The SMILES string of the molecule is CN(Cc1ccncc1)C(=O)C1CCCN1.Cl.Cl. The second kappa shape index (κ2) is 8.29. The number of hydrogen-bond acceptors (Lipinski definition) is 3. The van der Waals surface area contributed by atoms with E-state index in [0.29, 0.717) is 6.54 Å². The smallest absolute Gasteiger partial charge is 0.239 e. The number of pyridine rings is 1. The summed E-state index contributed by atoms with van der Waals surface area (Å²) in [5, 5.41) is 3.22. The first-order chi connectivity index (χ1) is 7.77. The Bertz CT molecular complexity index is 356. The summed E-state index contributed by atoms with van der Waals surface area (Å²) in [6, 6.07) is 3.89. The third kappa shape index (κ3) is 4.44. The van der Waals surface area contributed by atoms with Gasteiger partial charge in [0.25, 0.3) is 0 Å². The third-order valence-corrected chi connectivity index (χ3v) is 2.90. The van der Waals surface area contributed by atoms with E-state index in [0.717, 1.165) is 24.9 Å². The maximum absolute atomic E-state index is 12.0. The second-order valence-corrected chi connectivity index (χ2v) is 4.20. The molecule has 1 aromatic heterocycles. The zero-order valence-electron chi connectivity index (χ0n) is 10.3. The number of halogens is 2. The summed E-state index contributed by atoms with van der Waals surface area (Å²) in [4.78, 5) is 17.7. The van der Waals surface area contributed by atoms with Gasteiger partial charge in [0.1, 0.15) is 0 Å². The topological polar surface area (TPSA) is 45.2 Å². The second-order valence-electron chi connectivity index (χ2n) is 4.20. The van der Waals surface area contributed by atoms with Gasteiger partial charge in [0.15, 0.2) is 0 Å². The van der Waals surface area contributed by atoms with Crippen LogP contribution in [0.15, 0.2) is 24.5 Å². The predicted molar refractivity (Wildman–Crippen MR) is 76.2 cm³/mol. The van der Waals surface area contributed by atoms with Crippen molar-refractivity contribution in [1.82, 2.24) is 15.2 Å². The van der Waals surface area contributed by atoms with Crippen LogP contribution >= 0.6 is 24.8 Å². The predicted octanol–water partition coefficient (Wildman–Crippen LogP) is 1.64. The Labute approximate surface area is 120 Å². The Morgan fingerprint density at radius 1 is 1.44 bits per heavy atom. The summed E-state index contributed by atoms with van der Waals surface area (Å²) in [5.74, 6) is 0.189. The fraction of sp³-hybridized carbons (Fsp3) is 0.500. The molecule has 1 fully saturated rings. The number of likely N-dealkylation sites (N-methyl/N-ethyl adjacent to an activating group) is 1. The van der Waals surface area contributed by atoms with Crippen LogP contribution < -0.4 is 5.32 Å². The van der Waals surface area contributed by atoms with Crippen LogP contribution in [0.3, 0.4) is 0 Å². The van der Waals surface area contributed by atoms with Gasteiger partial charge in [-0.15, -0.1) is 24.8 Å². The van der Waals surface area contributed by atoms with E-state index in [1.54, 1.807) is 17.3 Å². The summed E-state index contributed by atoms with van der Waals surface area (Å²) in [5.41, 5.74) is 1.11. The molecular formula is C12H19Cl2N3O. The quantitative estimate of drug-likeness (QED) is 0.921. The molecule has 1 amide bonds. The normalized spacial score (nSPS) is 17.5. The highest BCUT2D eigenvalue weighted by molar-refractivity contribution is 5.85. The average molecular weight is 292 g/mol. The Morgan fingerprint density at radius 3 is 2.67 bits per heavy atom. The zero-order chi connectivity index (χ0) is 11.4. The first-order valence-corrected chi connectivity index (χ1v) is 5.64. The molecule has 2 rings (SSSR count). The van der Waals surface area contributed by atoms with E-state index in [1.807, 2.05) is 19.2 Å². The van der Waals surface area contributed by atoms with Gasteiger partial charge >= 0.3 is 0 Å². The Morgan fingerprint density at radius 2 is 2.11 bits per heavy atom. The van der Waals surface area contributed by atoms with Crippen LogP contribution in [0.5, 0.6) is 0 Å². The third-order valence-electron chi connectivity index (χ3n) is 2.90. The van der Waals surface area contributed by atoms with Crippen LogP contribution in [0.4, 0.5) is 0 Å². The highest BCUT2D eigenvalue weighted by Gasteiger charge is 2.24. The highest BCUT2D eigenvalue weighted by Crippen LogP contribution is 2.09. The molecule has 1 unspecified atom stereocenters. The van der Waals surface area contributed by atoms with Crippen molar-refractivity contribution in [2.45, 2.75) is 25.4 Å². The summed E-state index contributed by atoms with van der Waals surface area (Å²) < 4.78 is 0. The first kappa shape index (κ1) is 17.2. The minimum Gasteiger partial charge on any atom is -0.340 e. The van der Waals surface area contributed by atoms with Crippen molar-refractivity contribution in [2.75, 3.05) is 13.6 Å². The van der Waals surface area contributed by atoms with Crippen LogP contribution in [0.1, 0.15) is 18.4 Å². The number of amides is 1. The maximum Gasteiger partial charge on any atom is 0.239 e. The summed E-state index contributed by atoms with van der Waals surface area (Å²) in [6.07, 6.45) is 5.56. The van der Waals surface area contributed by atoms with Gasteiger partial charge in [-0.25, -0.2) is 0 Å². The molecule has 0 spiro atoms. The van der Waals surface area contributed by atoms with Crippen LogP contribution in [-0.2, 0) is 11.3 Å². The number of carbonyl (C=O) groups is 1. The molecule has 1 aliphatic heterocycles. The molecule has 6 heteroatoms. The van der Waals surface area contributed by atoms with Crippen molar-refractivity contribution in [2.24, 2.45) is 0 Å². The Kier molecular flexibility index (Phi) is 7.91. The number of aromatic nitrogens is 1. The lowest BCUT2D eigenvalue weighted by molar-refractivity contribution is -0.132. The van der Waals surface area contributed by atoms with Crippen molar-refractivity contribution in [3.05, 3.63) is 30.1 Å². The molecule has 18 heavy (non-hydrogen) atoms. The van der Waals surface area contributed by atoms with Gasteiger partial charge in [-0.2, -0.15) is 0 Å². The molecule has 0 radical (unpaired) electrons. The molecule has 1 aromatic rings. The largest absolute Gasteiger partial charge is 0.340 e. The van der Waals surface area contributed by atoms with Crippen LogP contribution in [-0.4, -0.2) is 35.4 Å². The van der Waals surface area contributed by atoms with Gasteiger partial charge in [0, 0.05) is 26.0 Å². The fourth-order valence-corrected chi connectivity index (χ4v) is 2.00. The first-order valence-electron chi connectivity index (χ1n) is 5.64. The lowest BCUT2D eigenvalue weighted by Crippen LogP contribution is -2.41. The number of nitrogens with one attached hydrogen (secondary N) is 1. The average Bonchev–Trinajstić information content (AvgIpc) is 2.83. The molecule has 0 aliphatic carbocycles. The van der Waals surface area contributed by atoms with Gasteiger partial charge < -0.3 is 10.2 Å². The number of hydrogen-bond donors (Lipinski definition) is 1. The monoisotopic (exact) mass is 291 g/mol. The van der Waals surface area contributed by atoms with Crippen molar-refractivity contribution in [3.8, 4) is 0 Å². The van der Waals surface area contributed by atoms with E-state index >= 15 is 0 Å². The maximum atomic E-state index is 12.0. The van der Waals surface area contributed by atoms with E-state index in [1.165, 1.54) is 0 Å². The van der Waals surface area contributed by atoms with E-state index in [9.17, 15) is 4.79 Å². The fourth-order valence-electron chi connectivity index (χ4n) is 2.00. The Hall–Kier alpha value is -0.840. The van der Waals surface area contributed by atoms with Gasteiger partial charge in [-0.3, -0.25) is 9.78 Å². The highest BCUT2D eigenvalue weighted by atomic mass is 35.5. The van der Waals surface area contributed by atoms with E-state index in [-0.39, 0.29) is 36.8 Å². The number of rotatable bonds is 3. The molecule has 0 bridgehead atoms. The van der Waals surface area contributed by atoms with Gasteiger partial charge in [-0.05, 0) is 37.1 Å². The molecule has 1 atom stereocenters. The van der Waals surface area contributed by atoms with Crippen molar-refractivity contribution in [1.29, 1.82) is 0 Å². The molecule has 1 aliphatic rings. The lowest BCUT2D eigenvalue weighted by Gasteiger charge is -2.21.